The molecule has 2 heterocycles. The van der Waals surface area contributed by atoms with Crippen LogP contribution in [-0.2, 0) is 15.3 Å². The molecule has 1 unspecified atom stereocenters. The van der Waals surface area contributed by atoms with Crippen LogP contribution in [0.1, 0.15) is 63.6 Å². The predicted molar refractivity (Wildman–Crippen MR) is 148 cm³/mol. The molecule has 37 heavy (non-hydrogen) atoms. The lowest BCUT2D eigenvalue weighted by atomic mass is 9.95. The quantitative estimate of drug-likeness (QED) is 0.150. The van der Waals surface area contributed by atoms with Crippen LogP contribution in [0.2, 0.25) is 5.02 Å². The Bertz CT molecular complexity index is 1260. The fourth-order valence-electron chi connectivity index (χ4n) is 4.05. The van der Waals surface area contributed by atoms with E-state index in [9.17, 15) is 4.79 Å². The van der Waals surface area contributed by atoms with E-state index in [-0.39, 0.29) is 5.97 Å². The topological polar surface area (TPSA) is 78.3 Å². The van der Waals surface area contributed by atoms with Crippen LogP contribution in [0.3, 0.4) is 0 Å². The first-order valence-electron chi connectivity index (χ1n) is 12.7. The summed E-state index contributed by atoms with van der Waals surface area (Å²) in [5.41, 5.74) is 3.05. The van der Waals surface area contributed by atoms with Gasteiger partial charge in [0.05, 0.1) is 18.8 Å². The molecule has 2 aromatic carbocycles. The van der Waals surface area contributed by atoms with Crippen LogP contribution in [0.15, 0.2) is 65.0 Å². The molecule has 1 aliphatic heterocycles. The second-order valence-corrected chi connectivity index (χ2v) is 10.2. The van der Waals surface area contributed by atoms with Gasteiger partial charge in [0.2, 0.25) is 11.1 Å². The molecule has 0 amide bonds. The van der Waals surface area contributed by atoms with Crippen LogP contribution in [0.25, 0.3) is 0 Å². The van der Waals surface area contributed by atoms with Gasteiger partial charge in [-0.15, -0.1) is 5.10 Å². The Balaban J connectivity index is 1.70. The number of anilines is 1. The van der Waals surface area contributed by atoms with Gasteiger partial charge in [-0.25, -0.2) is 9.48 Å². The summed E-state index contributed by atoms with van der Waals surface area (Å²) in [5, 5.41) is 9.39. The Morgan fingerprint density at radius 2 is 1.81 bits per heavy atom. The van der Waals surface area contributed by atoms with Crippen LogP contribution in [0, 0.1) is 0 Å². The van der Waals surface area contributed by atoms with E-state index in [1.54, 1.807) is 4.68 Å². The molecule has 0 radical (unpaired) electrons. The Hall–Kier alpha value is -2.97. The van der Waals surface area contributed by atoms with Crippen molar-refractivity contribution in [2.45, 2.75) is 63.4 Å². The van der Waals surface area contributed by atoms with E-state index in [2.05, 4.69) is 19.2 Å². The van der Waals surface area contributed by atoms with Crippen LogP contribution in [0.5, 0.6) is 5.75 Å². The second kappa shape index (κ2) is 13.0. The normalized spacial score (nSPS) is 14.8. The highest BCUT2D eigenvalue weighted by atomic mass is 35.5. The maximum Gasteiger partial charge on any atom is 0.338 e. The molecule has 0 saturated carbocycles. The van der Waals surface area contributed by atoms with E-state index in [1.807, 2.05) is 55.5 Å². The Kier molecular flexibility index (Phi) is 9.52. The third-order valence-corrected chi connectivity index (χ3v) is 7.32. The highest BCUT2D eigenvalue weighted by molar-refractivity contribution is 7.98. The van der Waals surface area contributed by atoms with E-state index in [4.69, 9.17) is 31.2 Å². The summed E-state index contributed by atoms with van der Waals surface area (Å²) in [7, 11) is 0. The number of ether oxygens (including phenoxy) is 2. The van der Waals surface area contributed by atoms with Gasteiger partial charge in [-0.05, 0) is 37.5 Å². The van der Waals surface area contributed by atoms with Gasteiger partial charge in [0.15, 0.2) is 0 Å². The first-order chi connectivity index (χ1) is 18.0. The van der Waals surface area contributed by atoms with E-state index in [0.29, 0.717) is 46.4 Å². The number of unbranched alkanes of at least 4 members (excludes halogenated alkanes) is 2. The number of hydrogen-bond acceptors (Lipinski definition) is 7. The van der Waals surface area contributed by atoms with Gasteiger partial charge in [-0.1, -0.05) is 86.5 Å². The van der Waals surface area contributed by atoms with E-state index >= 15 is 0 Å². The van der Waals surface area contributed by atoms with E-state index in [0.717, 1.165) is 42.6 Å². The van der Waals surface area contributed by atoms with Crippen molar-refractivity contribution in [2.24, 2.45) is 0 Å². The lowest BCUT2D eigenvalue weighted by Gasteiger charge is -2.29. The Morgan fingerprint density at radius 3 is 2.59 bits per heavy atom. The van der Waals surface area contributed by atoms with Crippen LogP contribution in [-0.4, -0.2) is 33.9 Å². The minimum absolute atomic E-state index is 0.363. The van der Waals surface area contributed by atoms with Crippen molar-refractivity contribution in [3.63, 3.8) is 0 Å². The first kappa shape index (κ1) is 27.1. The van der Waals surface area contributed by atoms with E-state index < -0.39 is 6.04 Å². The predicted octanol–water partition coefficient (Wildman–Crippen LogP) is 7.03. The number of para-hydroxylation sites is 1. The van der Waals surface area contributed by atoms with Crippen molar-refractivity contribution >= 4 is 35.3 Å². The SMILES string of the molecule is CCCCOC(=O)C1=C(C)Nc2nc(SCc3ccccc3Cl)nn2C1c1ccccc1OCCCC. The Morgan fingerprint density at radius 1 is 1.08 bits per heavy atom. The van der Waals surface area contributed by atoms with Gasteiger partial charge < -0.3 is 14.8 Å². The molecule has 9 heteroatoms. The maximum absolute atomic E-state index is 13.4. The van der Waals surface area contributed by atoms with Gasteiger partial charge in [-0.2, -0.15) is 4.98 Å². The molecular formula is C28H33ClN4O3S. The summed E-state index contributed by atoms with van der Waals surface area (Å²) in [6, 6.07) is 15.0. The molecule has 1 aliphatic rings. The number of esters is 1. The molecule has 7 nitrogen and oxygen atoms in total. The average Bonchev–Trinajstić information content (AvgIpc) is 3.30. The average molecular weight is 541 g/mol. The number of benzene rings is 2. The number of fused-ring (bicyclic) bond motifs is 1. The summed E-state index contributed by atoms with van der Waals surface area (Å²) in [6.07, 6.45) is 3.73. The molecule has 4 rings (SSSR count). The fourth-order valence-corrected chi connectivity index (χ4v) is 5.17. The van der Waals surface area contributed by atoms with Crippen LogP contribution in [0.4, 0.5) is 5.95 Å². The largest absolute Gasteiger partial charge is 0.493 e. The van der Waals surface area contributed by atoms with Gasteiger partial charge in [0.25, 0.3) is 0 Å². The minimum Gasteiger partial charge on any atom is -0.493 e. The van der Waals surface area contributed by atoms with Crippen molar-refractivity contribution < 1.29 is 14.3 Å². The molecule has 196 valence electrons. The third-order valence-electron chi connectivity index (χ3n) is 6.07. The van der Waals surface area contributed by atoms with Gasteiger partial charge in [0.1, 0.15) is 11.8 Å². The van der Waals surface area contributed by atoms with Crippen molar-refractivity contribution in [2.75, 3.05) is 18.5 Å². The lowest BCUT2D eigenvalue weighted by Crippen LogP contribution is -2.30. The van der Waals surface area contributed by atoms with Crippen molar-refractivity contribution in [3.05, 3.63) is 76.0 Å². The van der Waals surface area contributed by atoms with Crippen molar-refractivity contribution in [1.82, 2.24) is 14.8 Å². The molecule has 0 spiro atoms. The lowest BCUT2D eigenvalue weighted by molar-refractivity contribution is -0.139. The molecule has 0 fully saturated rings. The zero-order chi connectivity index (χ0) is 26.2. The number of aromatic nitrogens is 3. The molecular weight excluding hydrogens is 508 g/mol. The van der Waals surface area contributed by atoms with Crippen LogP contribution >= 0.6 is 23.4 Å². The first-order valence-corrected chi connectivity index (χ1v) is 14.1. The minimum atomic E-state index is -0.537. The maximum atomic E-state index is 13.4. The van der Waals surface area contributed by atoms with Gasteiger partial charge in [0, 0.05) is 22.0 Å². The van der Waals surface area contributed by atoms with Gasteiger partial charge >= 0.3 is 5.97 Å². The number of rotatable bonds is 12. The van der Waals surface area contributed by atoms with Crippen molar-refractivity contribution in [1.29, 1.82) is 0 Å². The fraction of sp³-hybridized carbons (Fsp3) is 0.393. The Labute approximate surface area is 227 Å². The number of thioether (sulfide) groups is 1. The number of allylic oxidation sites excluding steroid dienone is 1. The highest BCUT2D eigenvalue weighted by Gasteiger charge is 2.36. The van der Waals surface area contributed by atoms with Crippen LogP contribution < -0.4 is 10.1 Å². The summed E-state index contributed by atoms with van der Waals surface area (Å²) in [4.78, 5) is 18.1. The number of carbonyl (C=O) groups is 1. The number of nitrogens with zero attached hydrogens (tertiary/aromatic N) is 3. The monoisotopic (exact) mass is 540 g/mol. The standard InChI is InChI=1S/C28H33ClN4O3S/c1-4-6-16-35-23-15-11-9-13-21(23)25-24(26(34)36-17-7-5-2)19(3)30-27-31-28(32-33(25)27)37-18-20-12-8-10-14-22(20)29/h8-15,25H,4-7,16-18H2,1-3H3,(H,30,31,32). The van der Waals surface area contributed by atoms with E-state index in [1.165, 1.54) is 11.8 Å². The van der Waals surface area contributed by atoms with Gasteiger partial charge in [-0.3, -0.25) is 0 Å². The molecule has 0 aliphatic carbocycles. The number of nitrogens with one attached hydrogen (secondary N) is 1. The molecule has 0 saturated heterocycles. The number of carbonyl (C=O) groups excluding carboxylic acids is 1. The smallest absolute Gasteiger partial charge is 0.338 e. The molecule has 3 aromatic rings. The summed E-state index contributed by atoms with van der Waals surface area (Å²) in [6.45, 7) is 7.04. The number of hydrogen-bond donors (Lipinski definition) is 1. The molecule has 1 atom stereocenters. The number of halogens is 1. The van der Waals surface area contributed by atoms with Crippen molar-refractivity contribution in [3.8, 4) is 5.75 Å². The third kappa shape index (κ3) is 6.48. The zero-order valence-electron chi connectivity index (χ0n) is 21.5. The summed E-state index contributed by atoms with van der Waals surface area (Å²) < 4.78 is 13.6. The second-order valence-electron chi connectivity index (χ2n) is 8.84. The zero-order valence-corrected chi connectivity index (χ0v) is 23.1. The summed E-state index contributed by atoms with van der Waals surface area (Å²) in [5.74, 6) is 1.56. The molecule has 1 N–H and O–H groups in total. The molecule has 1 aromatic heterocycles. The molecule has 0 bridgehead atoms. The highest BCUT2D eigenvalue weighted by Crippen LogP contribution is 2.40. The summed E-state index contributed by atoms with van der Waals surface area (Å²) >= 11 is 7.84.